The van der Waals surface area contributed by atoms with Crippen molar-refractivity contribution in [2.45, 2.75) is 11.7 Å². The molecule has 1 unspecified atom stereocenters. The lowest BCUT2D eigenvalue weighted by molar-refractivity contribution is -0.117. The first kappa shape index (κ1) is 13.9. The number of nitrogens with zero attached hydrogens (tertiary/aromatic N) is 2. The monoisotopic (exact) mass is 400 g/mol. The van der Waals surface area contributed by atoms with Gasteiger partial charge in [0, 0.05) is 25.4 Å². The summed E-state index contributed by atoms with van der Waals surface area (Å²) in [4.78, 5) is 16.9. The molecule has 1 fully saturated rings. The van der Waals surface area contributed by atoms with E-state index in [9.17, 15) is 17.1 Å². The Labute approximate surface area is 120 Å². The molecule has 1 aromatic rings. The fourth-order valence-electron chi connectivity index (χ4n) is 1.74. The largest absolute Gasteiger partial charge is 0.309 e. The van der Waals surface area contributed by atoms with Crippen molar-refractivity contribution in [2.75, 3.05) is 11.4 Å². The molecule has 0 spiro atoms. The van der Waals surface area contributed by atoms with Crippen molar-refractivity contribution in [1.29, 1.82) is 0 Å². The Kier molecular flexibility index (Phi) is 3.75. The first-order valence-electron chi connectivity index (χ1n) is 4.83. The van der Waals surface area contributed by atoms with Gasteiger partial charge in [-0.3, -0.25) is 9.78 Å². The van der Waals surface area contributed by atoms with Gasteiger partial charge in [-0.05, 0) is 31.9 Å². The summed E-state index contributed by atoms with van der Waals surface area (Å²) in [6.45, 7) is -0.196. The first-order valence-corrected chi connectivity index (χ1v) is 7.87. The molecule has 0 saturated carbocycles. The lowest BCUT2D eigenvalue weighted by Gasteiger charge is -2.18. The van der Waals surface area contributed by atoms with Crippen LogP contribution in [0.1, 0.15) is 6.42 Å². The quantitative estimate of drug-likeness (QED) is 0.711. The molecule has 0 aliphatic carbocycles. The van der Waals surface area contributed by atoms with E-state index in [1.807, 2.05) is 0 Å². The summed E-state index contributed by atoms with van der Waals surface area (Å²) in [6, 6.07) is 0. The number of rotatable bonds is 2. The summed E-state index contributed by atoms with van der Waals surface area (Å²) >= 11 is 6.45. The average Bonchev–Trinajstić information content (AvgIpc) is 2.60. The highest BCUT2D eigenvalue weighted by Crippen LogP contribution is 2.36. The highest BCUT2D eigenvalue weighted by molar-refractivity contribution is 9.11. The number of hydrogen-bond acceptors (Lipinski definition) is 4. The molecule has 0 bridgehead atoms. The van der Waals surface area contributed by atoms with Gasteiger partial charge >= 0.3 is 10.2 Å². The molecule has 98 valence electrons. The Balaban J connectivity index is 2.39. The van der Waals surface area contributed by atoms with Crippen LogP contribution in [0.25, 0.3) is 0 Å². The molecule has 2 heterocycles. The van der Waals surface area contributed by atoms with E-state index in [4.69, 9.17) is 0 Å². The molecule has 5 nitrogen and oxygen atoms in total. The normalized spacial score (nSPS) is 20.5. The fourth-order valence-corrected chi connectivity index (χ4v) is 3.77. The molecule has 9 heteroatoms. The van der Waals surface area contributed by atoms with Crippen LogP contribution in [0.2, 0.25) is 0 Å². The van der Waals surface area contributed by atoms with Crippen LogP contribution < -0.4 is 4.90 Å². The van der Waals surface area contributed by atoms with Crippen LogP contribution in [0, 0.1) is 0 Å². The van der Waals surface area contributed by atoms with Gasteiger partial charge in [-0.25, -0.2) is 0 Å². The van der Waals surface area contributed by atoms with Gasteiger partial charge in [-0.1, -0.05) is 0 Å². The van der Waals surface area contributed by atoms with E-state index in [2.05, 4.69) is 36.8 Å². The van der Waals surface area contributed by atoms with Crippen molar-refractivity contribution in [3.8, 4) is 0 Å². The van der Waals surface area contributed by atoms with Crippen LogP contribution in [0.4, 0.5) is 9.57 Å². The number of carbonyl (C=O) groups is 1. The summed E-state index contributed by atoms with van der Waals surface area (Å²) in [5.74, 6) is -0.436. The molecular formula is C9H7Br2FN2O3S. The van der Waals surface area contributed by atoms with Crippen molar-refractivity contribution in [3.63, 3.8) is 0 Å². The van der Waals surface area contributed by atoms with E-state index in [-0.39, 0.29) is 13.0 Å². The molecule has 0 aromatic carbocycles. The number of halogens is 3. The maximum atomic E-state index is 12.9. The van der Waals surface area contributed by atoms with Gasteiger partial charge in [0.15, 0.2) is 0 Å². The van der Waals surface area contributed by atoms with Crippen molar-refractivity contribution in [1.82, 2.24) is 4.98 Å². The third-order valence-electron chi connectivity index (χ3n) is 2.59. The summed E-state index contributed by atoms with van der Waals surface area (Å²) in [6.07, 6.45) is 2.61. The van der Waals surface area contributed by atoms with Gasteiger partial charge in [0.2, 0.25) is 5.91 Å². The average molecular weight is 402 g/mol. The van der Waals surface area contributed by atoms with E-state index in [1.54, 1.807) is 0 Å². The molecule has 1 aliphatic rings. The molecule has 1 atom stereocenters. The van der Waals surface area contributed by atoms with Crippen LogP contribution in [0.3, 0.4) is 0 Å². The molecule has 1 amide bonds. The van der Waals surface area contributed by atoms with Crippen LogP contribution in [-0.4, -0.2) is 31.1 Å². The second-order valence-corrected chi connectivity index (χ2v) is 7.08. The summed E-state index contributed by atoms with van der Waals surface area (Å²) in [5, 5.41) is -1.31. The predicted molar refractivity (Wildman–Crippen MR) is 70.4 cm³/mol. The molecule has 0 radical (unpaired) electrons. The third kappa shape index (κ3) is 2.57. The van der Waals surface area contributed by atoms with E-state index in [1.165, 1.54) is 17.3 Å². The molecule has 0 N–H and O–H groups in total. The number of pyridine rings is 1. The van der Waals surface area contributed by atoms with Gasteiger partial charge < -0.3 is 4.90 Å². The number of aromatic nitrogens is 1. The zero-order valence-electron chi connectivity index (χ0n) is 8.81. The Morgan fingerprint density at radius 3 is 2.33 bits per heavy atom. The lowest BCUT2D eigenvalue weighted by Crippen LogP contribution is -2.27. The Morgan fingerprint density at radius 2 is 1.89 bits per heavy atom. The maximum absolute atomic E-state index is 12.9. The van der Waals surface area contributed by atoms with Crippen LogP contribution in [0.5, 0.6) is 0 Å². The minimum atomic E-state index is -4.71. The van der Waals surface area contributed by atoms with E-state index in [0.717, 1.165) is 0 Å². The molecule has 1 aliphatic heterocycles. The highest BCUT2D eigenvalue weighted by atomic mass is 79.9. The molecule has 18 heavy (non-hydrogen) atoms. The molecular weight excluding hydrogens is 395 g/mol. The Bertz CT molecular complexity index is 588. The molecule has 2 rings (SSSR count). The fraction of sp³-hybridized carbons (Fsp3) is 0.333. The molecule has 1 aromatic heterocycles. The van der Waals surface area contributed by atoms with E-state index >= 15 is 0 Å². The predicted octanol–water partition coefficient (Wildman–Crippen LogP) is 2.01. The van der Waals surface area contributed by atoms with Crippen molar-refractivity contribution in [2.24, 2.45) is 0 Å². The topological polar surface area (TPSA) is 67.3 Å². The highest BCUT2D eigenvalue weighted by Gasteiger charge is 2.40. The summed E-state index contributed by atoms with van der Waals surface area (Å²) in [5.41, 5.74) is 0.459. The molecule has 1 saturated heterocycles. The third-order valence-corrected chi connectivity index (χ3v) is 4.86. The van der Waals surface area contributed by atoms with Gasteiger partial charge in [-0.2, -0.15) is 8.42 Å². The summed E-state index contributed by atoms with van der Waals surface area (Å²) in [7, 11) is -4.71. The SMILES string of the molecule is O=C1CC(S(=O)(=O)F)CN1c1c(Br)cncc1Br. The number of hydrogen-bond donors (Lipinski definition) is 0. The second-order valence-electron chi connectivity index (χ2n) is 3.76. The van der Waals surface area contributed by atoms with Gasteiger partial charge in [0.05, 0.1) is 14.6 Å². The van der Waals surface area contributed by atoms with E-state index < -0.39 is 21.4 Å². The van der Waals surface area contributed by atoms with Crippen LogP contribution in [0.15, 0.2) is 21.3 Å². The number of anilines is 1. The Morgan fingerprint density at radius 1 is 1.33 bits per heavy atom. The second kappa shape index (κ2) is 4.86. The minimum absolute atomic E-state index is 0.196. The zero-order chi connectivity index (χ0) is 13.5. The zero-order valence-corrected chi connectivity index (χ0v) is 12.8. The first-order chi connectivity index (χ1) is 8.30. The van der Waals surface area contributed by atoms with Crippen LogP contribution in [-0.2, 0) is 15.0 Å². The number of carbonyl (C=O) groups excluding carboxylic acids is 1. The number of amides is 1. The standard InChI is InChI=1S/C9H7Br2FN2O3S/c10-6-2-13-3-7(11)9(6)14-4-5(1-8(14)15)18(12,16)17/h2-3,5H,1,4H2. The Hall–Kier alpha value is -0.540. The lowest BCUT2D eigenvalue weighted by atomic mass is 10.3. The van der Waals surface area contributed by atoms with Crippen molar-refractivity contribution in [3.05, 3.63) is 21.3 Å². The van der Waals surface area contributed by atoms with Gasteiger partial charge in [0.25, 0.3) is 0 Å². The maximum Gasteiger partial charge on any atom is 0.307 e. The van der Waals surface area contributed by atoms with Crippen molar-refractivity contribution < 1.29 is 17.1 Å². The summed E-state index contributed by atoms with van der Waals surface area (Å²) < 4.78 is 35.7. The van der Waals surface area contributed by atoms with Crippen molar-refractivity contribution >= 4 is 53.7 Å². The van der Waals surface area contributed by atoms with Crippen LogP contribution >= 0.6 is 31.9 Å². The van der Waals surface area contributed by atoms with E-state index in [0.29, 0.717) is 14.6 Å². The smallest absolute Gasteiger partial charge is 0.307 e. The van der Waals surface area contributed by atoms with Gasteiger partial charge in [0.1, 0.15) is 5.25 Å². The van der Waals surface area contributed by atoms with Gasteiger partial charge in [-0.15, -0.1) is 3.89 Å². The minimum Gasteiger partial charge on any atom is -0.309 e.